The second-order valence-electron chi connectivity index (χ2n) is 4.99. The fourth-order valence-corrected chi connectivity index (χ4v) is 2.55. The standard InChI is InChI=1S/C15H15BrFNO/c1-15(19,7-11-3-2-4-14(17)6-11)8-12-5-13(16)10-18-9-12/h2-6,9-10,19H,7-8H2,1H3. The van der Waals surface area contributed by atoms with E-state index in [1.807, 2.05) is 12.1 Å². The predicted octanol–water partition coefficient (Wildman–Crippen LogP) is 3.52. The third kappa shape index (κ3) is 4.40. The summed E-state index contributed by atoms with van der Waals surface area (Å²) in [4.78, 5) is 4.07. The Morgan fingerprint density at radius 3 is 2.63 bits per heavy atom. The van der Waals surface area contributed by atoms with Gasteiger partial charge in [-0.25, -0.2) is 4.39 Å². The maximum atomic E-state index is 13.1. The molecule has 100 valence electrons. The van der Waals surface area contributed by atoms with Gasteiger partial charge in [0, 0.05) is 29.7 Å². The summed E-state index contributed by atoms with van der Waals surface area (Å²) in [6, 6.07) is 8.25. The lowest BCUT2D eigenvalue weighted by atomic mass is 9.90. The molecule has 0 aliphatic heterocycles. The fraction of sp³-hybridized carbons (Fsp3) is 0.267. The zero-order valence-corrected chi connectivity index (χ0v) is 12.2. The number of hydrogen-bond donors (Lipinski definition) is 1. The Kier molecular flexibility index (Phi) is 4.32. The first-order valence-electron chi connectivity index (χ1n) is 6.01. The van der Waals surface area contributed by atoms with Crippen molar-refractivity contribution in [2.75, 3.05) is 0 Å². The second-order valence-corrected chi connectivity index (χ2v) is 5.91. The van der Waals surface area contributed by atoms with Gasteiger partial charge in [0.1, 0.15) is 5.82 Å². The number of benzene rings is 1. The maximum absolute atomic E-state index is 13.1. The molecule has 19 heavy (non-hydrogen) atoms. The highest BCUT2D eigenvalue weighted by molar-refractivity contribution is 9.10. The smallest absolute Gasteiger partial charge is 0.123 e. The Balaban J connectivity index is 2.10. The van der Waals surface area contributed by atoms with Crippen molar-refractivity contribution in [2.45, 2.75) is 25.4 Å². The number of aliphatic hydroxyl groups is 1. The van der Waals surface area contributed by atoms with Gasteiger partial charge in [-0.05, 0) is 52.2 Å². The second kappa shape index (κ2) is 5.80. The summed E-state index contributed by atoms with van der Waals surface area (Å²) in [6.45, 7) is 1.75. The fourth-order valence-electron chi connectivity index (χ4n) is 2.14. The highest BCUT2D eigenvalue weighted by Gasteiger charge is 2.22. The largest absolute Gasteiger partial charge is 0.389 e. The van der Waals surface area contributed by atoms with Gasteiger partial charge >= 0.3 is 0 Å². The Morgan fingerprint density at radius 1 is 1.21 bits per heavy atom. The molecule has 1 N–H and O–H groups in total. The lowest BCUT2D eigenvalue weighted by Gasteiger charge is -2.23. The van der Waals surface area contributed by atoms with E-state index in [1.165, 1.54) is 12.1 Å². The van der Waals surface area contributed by atoms with Gasteiger partial charge in [-0.1, -0.05) is 12.1 Å². The van der Waals surface area contributed by atoms with Crippen LogP contribution in [-0.4, -0.2) is 15.7 Å². The summed E-state index contributed by atoms with van der Waals surface area (Å²) in [5.41, 5.74) is 0.791. The Hall–Kier alpha value is -1.26. The van der Waals surface area contributed by atoms with Gasteiger partial charge in [-0.2, -0.15) is 0 Å². The van der Waals surface area contributed by atoms with Crippen molar-refractivity contribution in [2.24, 2.45) is 0 Å². The van der Waals surface area contributed by atoms with Gasteiger partial charge in [0.05, 0.1) is 5.60 Å². The molecule has 0 saturated heterocycles. The highest BCUT2D eigenvalue weighted by atomic mass is 79.9. The molecule has 1 aromatic carbocycles. The van der Waals surface area contributed by atoms with Crippen LogP contribution in [-0.2, 0) is 12.8 Å². The Morgan fingerprint density at radius 2 is 1.95 bits per heavy atom. The lowest BCUT2D eigenvalue weighted by Crippen LogP contribution is -2.30. The van der Waals surface area contributed by atoms with Crippen molar-refractivity contribution in [1.82, 2.24) is 4.98 Å². The Labute approximate surface area is 120 Å². The van der Waals surface area contributed by atoms with Gasteiger partial charge in [-0.3, -0.25) is 4.98 Å². The van der Waals surface area contributed by atoms with Crippen LogP contribution < -0.4 is 0 Å². The molecule has 0 spiro atoms. The van der Waals surface area contributed by atoms with E-state index in [0.717, 1.165) is 15.6 Å². The minimum absolute atomic E-state index is 0.280. The minimum Gasteiger partial charge on any atom is -0.389 e. The average Bonchev–Trinajstić information content (AvgIpc) is 2.27. The normalized spacial score (nSPS) is 14.1. The summed E-state index contributed by atoms with van der Waals surface area (Å²) in [7, 11) is 0. The van der Waals surface area contributed by atoms with Crippen LogP contribution in [0.15, 0.2) is 47.2 Å². The van der Waals surface area contributed by atoms with Crippen LogP contribution >= 0.6 is 15.9 Å². The van der Waals surface area contributed by atoms with E-state index < -0.39 is 5.60 Å². The molecule has 2 aromatic rings. The molecular weight excluding hydrogens is 309 g/mol. The molecule has 0 amide bonds. The van der Waals surface area contributed by atoms with E-state index in [9.17, 15) is 9.50 Å². The number of nitrogens with zero attached hydrogens (tertiary/aromatic N) is 1. The quantitative estimate of drug-likeness (QED) is 0.933. The molecule has 0 saturated carbocycles. The summed E-state index contributed by atoms with van der Waals surface area (Å²) < 4.78 is 14.0. The Bertz CT molecular complexity index is 522. The van der Waals surface area contributed by atoms with Gasteiger partial charge in [0.25, 0.3) is 0 Å². The van der Waals surface area contributed by atoms with E-state index in [0.29, 0.717) is 12.8 Å². The van der Waals surface area contributed by atoms with Crippen LogP contribution in [0.1, 0.15) is 18.1 Å². The first kappa shape index (κ1) is 14.2. The molecule has 1 aromatic heterocycles. The van der Waals surface area contributed by atoms with E-state index in [1.54, 1.807) is 25.4 Å². The van der Waals surface area contributed by atoms with Gasteiger partial charge < -0.3 is 5.11 Å². The molecule has 0 aliphatic carbocycles. The molecule has 1 atom stereocenters. The van der Waals surface area contributed by atoms with Crippen LogP contribution in [0.3, 0.4) is 0 Å². The van der Waals surface area contributed by atoms with Crippen molar-refractivity contribution in [1.29, 1.82) is 0 Å². The van der Waals surface area contributed by atoms with Gasteiger partial charge in [0.15, 0.2) is 0 Å². The molecule has 2 rings (SSSR count). The third-order valence-electron chi connectivity index (χ3n) is 2.82. The monoisotopic (exact) mass is 323 g/mol. The molecule has 0 radical (unpaired) electrons. The summed E-state index contributed by atoms with van der Waals surface area (Å²) in [5, 5.41) is 10.4. The van der Waals surface area contributed by atoms with Gasteiger partial charge in [0.2, 0.25) is 0 Å². The van der Waals surface area contributed by atoms with Crippen molar-refractivity contribution in [3.05, 3.63) is 64.1 Å². The number of pyridine rings is 1. The topological polar surface area (TPSA) is 33.1 Å². The number of halogens is 2. The third-order valence-corrected chi connectivity index (χ3v) is 3.25. The van der Waals surface area contributed by atoms with E-state index in [-0.39, 0.29) is 5.82 Å². The zero-order valence-electron chi connectivity index (χ0n) is 10.6. The summed E-state index contributed by atoms with van der Waals surface area (Å²) in [6.07, 6.45) is 4.29. The van der Waals surface area contributed by atoms with E-state index >= 15 is 0 Å². The summed E-state index contributed by atoms with van der Waals surface area (Å²) >= 11 is 3.35. The van der Waals surface area contributed by atoms with Gasteiger partial charge in [-0.15, -0.1) is 0 Å². The predicted molar refractivity (Wildman–Crippen MR) is 76.4 cm³/mol. The zero-order chi connectivity index (χ0) is 13.9. The first-order valence-corrected chi connectivity index (χ1v) is 6.80. The molecule has 1 heterocycles. The van der Waals surface area contributed by atoms with Crippen molar-refractivity contribution in [3.63, 3.8) is 0 Å². The van der Waals surface area contributed by atoms with Crippen LogP contribution in [0.5, 0.6) is 0 Å². The average molecular weight is 324 g/mol. The van der Waals surface area contributed by atoms with E-state index in [4.69, 9.17) is 0 Å². The number of hydrogen-bond acceptors (Lipinski definition) is 2. The minimum atomic E-state index is -0.934. The van der Waals surface area contributed by atoms with Crippen LogP contribution in [0, 0.1) is 5.82 Å². The molecule has 0 aliphatic rings. The lowest BCUT2D eigenvalue weighted by molar-refractivity contribution is 0.0607. The summed E-state index contributed by atoms with van der Waals surface area (Å²) in [5.74, 6) is -0.280. The first-order chi connectivity index (χ1) is 8.94. The SMILES string of the molecule is CC(O)(Cc1cccc(F)c1)Cc1cncc(Br)c1. The van der Waals surface area contributed by atoms with Crippen LogP contribution in [0.2, 0.25) is 0 Å². The van der Waals surface area contributed by atoms with Crippen LogP contribution in [0.4, 0.5) is 4.39 Å². The van der Waals surface area contributed by atoms with Crippen molar-refractivity contribution >= 4 is 15.9 Å². The van der Waals surface area contributed by atoms with E-state index in [2.05, 4.69) is 20.9 Å². The molecular formula is C15H15BrFNO. The molecule has 0 fully saturated rings. The molecule has 1 unspecified atom stereocenters. The number of rotatable bonds is 4. The maximum Gasteiger partial charge on any atom is 0.123 e. The van der Waals surface area contributed by atoms with Crippen molar-refractivity contribution in [3.8, 4) is 0 Å². The molecule has 0 bridgehead atoms. The van der Waals surface area contributed by atoms with Crippen LogP contribution in [0.25, 0.3) is 0 Å². The van der Waals surface area contributed by atoms with Crippen molar-refractivity contribution < 1.29 is 9.50 Å². The molecule has 2 nitrogen and oxygen atoms in total. The molecule has 4 heteroatoms. The number of aromatic nitrogens is 1. The highest BCUT2D eigenvalue weighted by Crippen LogP contribution is 2.20.